The summed E-state index contributed by atoms with van der Waals surface area (Å²) in [6.45, 7) is 2.87. The lowest BCUT2D eigenvalue weighted by Gasteiger charge is -2.16. The third-order valence-corrected chi connectivity index (χ3v) is 6.49. The van der Waals surface area contributed by atoms with Crippen LogP contribution in [0.2, 0.25) is 0 Å². The molecule has 0 saturated carbocycles. The zero-order chi connectivity index (χ0) is 23.3. The number of rotatable bonds is 5. The van der Waals surface area contributed by atoms with E-state index >= 15 is 0 Å². The van der Waals surface area contributed by atoms with Gasteiger partial charge in [-0.2, -0.15) is 18.4 Å². The van der Waals surface area contributed by atoms with Crippen LogP contribution in [0.25, 0.3) is 11.3 Å². The molecule has 7 nitrogen and oxygen atoms in total. The van der Waals surface area contributed by atoms with E-state index in [1.165, 1.54) is 49.7 Å². The Labute approximate surface area is 177 Å². The number of sulfonamides is 1. The van der Waals surface area contributed by atoms with Crippen LogP contribution in [0.3, 0.4) is 0 Å². The molecule has 2 aromatic rings. The maximum atomic E-state index is 13.4. The molecule has 1 N–H and O–H groups in total. The van der Waals surface area contributed by atoms with Crippen molar-refractivity contribution in [2.75, 3.05) is 16.2 Å². The predicted octanol–water partition coefficient (Wildman–Crippen LogP) is 3.92. The van der Waals surface area contributed by atoms with Gasteiger partial charge < -0.3 is 4.57 Å². The number of halogens is 4. The normalized spacial score (nSPS) is 11.9. The summed E-state index contributed by atoms with van der Waals surface area (Å²) < 4.78 is 86.3. The molecular weight excluding hydrogens is 467 g/mol. The van der Waals surface area contributed by atoms with E-state index in [9.17, 15) is 30.0 Å². The number of benzene rings is 1. The van der Waals surface area contributed by atoms with Crippen molar-refractivity contribution in [3.8, 4) is 17.3 Å². The number of hydrogen-bond donors (Lipinski definition) is 1. The van der Waals surface area contributed by atoms with Crippen molar-refractivity contribution in [2.24, 2.45) is 7.05 Å². The lowest BCUT2D eigenvalue weighted by molar-refractivity contribution is -0.137. The van der Waals surface area contributed by atoms with E-state index in [-0.39, 0.29) is 34.1 Å². The molecule has 30 heavy (non-hydrogen) atoms. The van der Waals surface area contributed by atoms with Crippen LogP contribution in [0.15, 0.2) is 30.3 Å². The monoisotopic (exact) mass is 485 g/mol. The minimum Gasteiger partial charge on any atom is -0.335 e. The summed E-state index contributed by atoms with van der Waals surface area (Å²) in [5.41, 5.74) is -0.851. The first-order valence-electron chi connectivity index (χ1n) is 8.35. The zero-order valence-corrected chi connectivity index (χ0v) is 18.5. The molecule has 1 aromatic heterocycles. The second-order valence-corrected chi connectivity index (χ2v) is 10.9. The van der Waals surface area contributed by atoms with E-state index in [1.54, 1.807) is 0 Å². The van der Waals surface area contributed by atoms with Crippen LogP contribution in [0, 0.1) is 11.3 Å². The summed E-state index contributed by atoms with van der Waals surface area (Å²) >= 11 is 0. The highest BCUT2D eigenvalue weighted by atomic mass is 35.7. The van der Waals surface area contributed by atoms with Gasteiger partial charge in [-0.25, -0.2) is 16.8 Å². The topological polar surface area (TPSA) is 109 Å². The van der Waals surface area contributed by atoms with Crippen LogP contribution in [0.1, 0.15) is 25.1 Å². The summed E-state index contributed by atoms with van der Waals surface area (Å²) in [5, 5.41) is 8.94. The molecule has 0 fully saturated rings. The first-order chi connectivity index (χ1) is 13.6. The van der Waals surface area contributed by atoms with Crippen LogP contribution in [0.5, 0.6) is 0 Å². The smallest absolute Gasteiger partial charge is 0.335 e. The average Bonchev–Trinajstić information content (AvgIpc) is 3.01. The van der Waals surface area contributed by atoms with Crippen LogP contribution in [-0.2, 0) is 32.3 Å². The minimum atomic E-state index is -4.68. The molecule has 0 unspecified atom stereocenters. The lowest BCUT2D eigenvalue weighted by atomic mass is 10.0. The van der Waals surface area contributed by atoms with Gasteiger partial charge in [-0.05, 0) is 31.2 Å². The van der Waals surface area contributed by atoms with E-state index < -0.39 is 30.8 Å². The molecule has 166 valence electrons. The van der Waals surface area contributed by atoms with E-state index in [0.29, 0.717) is 0 Å². The Morgan fingerprint density at radius 1 is 1.10 bits per heavy atom. The van der Waals surface area contributed by atoms with Crippen molar-refractivity contribution in [1.82, 2.24) is 4.57 Å². The number of nitriles is 1. The van der Waals surface area contributed by atoms with Crippen LogP contribution >= 0.6 is 10.7 Å². The van der Waals surface area contributed by atoms with Crippen LogP contribution < -0.4 is 4.72 Å². The van der Waals surface area contributed by atoms with Crippen molar-refractivity contribution in [2.45, 2.75) is 20.0 Å². The van der Waals surface area contributed by atoms with Gasteiger partial charge >= 0.3 is 6.18 Å². The molecule has 0 aliphatic heterocycles. The molecular formula is C17H19ClF3N3O4S2. The molecule has 0 amide bonds. The van der Waals surface area contributed by atoms with Crippen molar-refractivity contribution < 1.29 is 30.0 Å². The van der Waals surface area contributed by atoms with Gasteiger partial charge in [0.2, 0.25) is 19.1 Å². The molecule has 0 aliphatic rings. The zero-order valence-electron chi connectivity index (χ0n) is 16.2. The Kier molecular flexibility index (Phi) is 8.36. The second kappa shape index (κ2) is 9.72. The van der Waals surface area contributed by atoms with E-state index in [1.807, 2.05) is 6.07 Å². The largest absolute Gasteiger partial charge is 0.417 e. The van der Waals surface area contributed by atoms with Crippen molar-refractivity contribution >= 4 is 35.4 Å². The summed E-state index contributed by atoms with van der Waals surface area (Å²) in [6.07, 6.45) is -4.68. The molecule has 0 aliphatic carbocycles. The summed E-state index contributed by atoms with van der Waals surface area (Å²) in [7, 11) is -0.698. The number of alkyl halides is 3. The fraction of sp³-hybridized carbons (Fsp3) is 0.353. The quantitative estimate of drug-likeness (QED) is 0.645. The summed E-state index contributed by atoms with van der Waals surface area (Å²) in [5.74, 6) is -0.242. The Morgan fingerprint density at radius 2 is 1.67 bits per heavy atom. The SMILES string of the molecule is CCS(=O)(=O)Cl.CCS(=O)(=O)Nc1ccc(-c2ccc(C#N)n2C)c(C(F)(F)F)c1. The summed E-state index contributed by atoms with van der Waals surface area (Å²) in [6, 6.07) is 7.92. The molecule has 0 saturated heterocycles. The molecule has 13 heteroatoms. The standard InChI is InChI=1S/C15H14F3N3O2S.C2H5ClO2S/c1-3-24(22,23)20-10-4-6-12(13(8-10)15(16,17)18)14-7-5-11(9-19)21(14)2;1-2-6(3,4)5/h4-8,20H,3H2,1-2H3;2H2,1H3. The van der Waals surface area contributed by atoms with E-state index in [4.69, 9.17) is 5.26 Å². The first-order valence-corrected chi connectivity index (χ1v) is 12.5. The fourth-order valence-corrected chi connectivity index (χ4v) is 2.84. The fourth-order valence-electron chi connectivity index (χ4n) is 2.21. The number of nitrogens with zero attached hydrogens (tertiary/aromatic N) is 2. The second-order valence-electron chi connectivity index (χ2n) is 5.87. The van der Waals surface area contributed by atoms with Gasteiger partial charge in [0.15, 0.2) is 0 Å². The number of aromatic nitrogens is 1. The highest BCUT2D eigenvalue weighted by Gasteiger charge is 2.35. The predicted molar refractivity (Wildman–Crippen MR) is 109 cm³/mol. The van der Waals surface area contributed by atoms with Crippen molar-refractivity contribution in [1.29, 1.82) is 5.26 Å². The molecule has 0 atom stereocenters. The van der Waals surface area contributed by atoms with Gasteiger partial charge in [-0.1, -0.05) is 13.0 Å². The lowest BCUT2D eigenvalue weighted by Crippen LogP contribution is -2.16. The van der Waals surface area contributed by atoms with Gasteiger partial charge in [-0.3, -0.25) is 4.72 Å². The maximum Gasteiger partial charge on any atom is 0.417 e. The van der Waals surface area contributed by atoms with Crippen LogP contribution in [0.4, 0.5) is 18.9 Å². The number of hydrogen-bond acceptors (Lipinski definition) is 5. The maximum absolute atomic E-state index is 13.4. The Hall–Kier alpha value is -2.23. The molecule has 1 aromatic carbocycles. The van der Waals surface area contributed by atoms with E-state index in [0.717, 1.165) is 6.07 Å². The minimum absolute atomic E-state index is 0.00849. The molecule has 0 radical (unpaired) electrons. The first kappa shape index (κ1) is 25.8. The third kappa shape index (κ3) is 7.23. The Bertz CT molecular complexity index is 1150. The summed E-state index contributed by atoms with van der Waals surface area (Å²) in [4.78, 5) is 0. The molecule has 1 heterocycles. The highest BCUT2D eigenvalue weighted by molar-refractivity contribution is 8.13. The van der Waals surface area contributed by atoms with Gasteiger partial charge in [0.05, 0.1) is 17.1 Å². The number of anilines is 1. The van der Waals surface area contributed by atoms with Gasteiger partial charge in [-0.15, -0.1) is 0 Å². The van der Waals surface area contributed by atoms with Crippen molar-refractivity contribution in [3.05, 3.63) is 41.6 Å². The molecule has 0 bridgehead atoms. The highest BCUT2D eigenvalue weighted by Crippen LogP contribution is 2.39. The van der Waals surface area contributed by atoms with E-state index in [2.05, 4.69) is 15.4 Å². The van der Waals surface area contributed by atoms with Gasteiger partial charge in [0.1, 0.15) is 11.8 Å². The number of nitrogens with one attached hydrogen (secondary N) is 1. The van der Waals surface area contributed by atoms with Crippen molar-refractivity contribution in [3.63, 3.8) is 0 Å². The van der Waals surface area contributed by atoms with Gasteiger partial charge in [0.25, 0.3) is 0 Å². The van der Waals surface area contributed by atoms with Crippen LogP contribution in [-0.4, -0.2) is 32.9 Å². The average molecular weight is 486 g/mol. The molecule has 0 spiro atoms. The Morgan fingerprint density at radius 3 is 2.07 bits per heavy atom. The Balaban J connectivity index is 0.000000656. The van der Waals surface area contributed by atoms with Gasteiger partial charge in [0, 0.05) is 34.7 Å². The molecule has 2 rings (SSSR count). The third-order valence-electron chi connectivity index (χ3n) is 3.84.